The number of hydrogen-bond donors (Lipinski definition) is 1. The maximum atomic E-state index is 9.53. The molecule has 1 aliphatic rings. The lowest BCUT2D eigenvalue weighted by molar-refractivity contribution is 0.281. The lowest BCUT2D eigenvalue weighted by atomic mass is 9.83. The van der Waals surface area contributed by atoms with Crippen molar-refractivity contribution in [2.75, 3.05) is 18.0 Å². The van der Waals surface area contributed by atoms with Crippen LogP contribution in [-0.2, 0) is 13.7 Å². The Hall–Kier alpha value is -1.29. The molecule has 0 aliphatic carbocycles. The van der Waals surface area contributed by atoms with Crippen molar-refractivity contribution < 1.29 is 5.11 Å². The second-order valence-corrected chi connectivity index (χ2v) is 6.34. The fourth-order valence-corrected chi connectivity index (χ4v) is 2.81. The Morgan fingerprint density at radius 2 is 2.05 bits per heavy atom. The molecular formula is C15H25N3O. The van der Waals surface area contributed by atoms with Gasteiger partial charge in [0, 0.05) is 25.7 Å². The normalized spacial score (nSPS) is 16.7. The van der Waals surface area contributed by atoms with E-state index in [2.05, 4.69) is 36.8 Å². The highest BCUT2D eigenvalue weighted by Crippen LogP contribution is 2.32. The predicted octanol–water partition coefficient (Wildman–Crippen LogP) is 2.40. The van der Waals surface area contributed by atoms with E-state index in [1.807, 2.05) is 18.7 Å². The van der Waals surface area contributed by atoms with Crippen molar-refractivity contribution in [1.29, 1.82) is 0 Å². The van der Waals surface area contributed by atoms with Gasteiger partial charge in [0.1, 0.15) is 5.82 Å². The number of rotatable bonds is 2. The van der Waals surface area contributed by atoms with Crippen LogP contribution in [-0.4, -0.2) is 28.0 Å². The van der Waals surface area contributed by atoms with Crippen LogP contribution in [0.25, 0.3) is 0 Å². The number of nitrogens with zero attached hydrogens (tertiary/aromatic N) is 3. The van der Waals surface area contributed by atoms with Crippen LogP contribution in [0.5, 0.6) is 0 Å². The Kier molecular flexibility index (Phi) is 3.72. The minimum atomic E-state index is 0.0569. The third kappa shape index (κ3) is 2.68. The first-order chi connectivity index (χ1) is 8.84. The third-order valence-electron chi connectivity index (χ3n) is 3.94. The molecule has 0 amide bonds. The zero-order chi connectivity index (χ0) is 14.2. The Morgan fingerprint density at radius 3 is 2.53 bits per heavy atom. The van der Waals surface area contributed by atoms with Gasteiger partial charge in [0.15, 0.2) is 0 Å². The van der Waals surface area contributed by atoms with E-state index < -0.39 is 0 Å². The Balaban J connectivity index is 2.25. The topological polar surface area (TPSA) is 41.3 Å². The van der Waals surface area contributed by atoms with Gasteiger partial charge >= 0.3 is 0 Å². The Bertz CT molecular complexity index is 494. The van der Waals surface area contributed by atoms with E-state index in [4.69, 9.17) is 0 Å². The molecule has 0 radical (unpaired) electrons. The highest BCUT2D eigenvalue weighted by Gasteiger charge is 2.24. The lowest BCUT2D eigenvalue weighted by Crippen LogP contribution is -2.33. The van der Waals surface area contributed by atoms with Gasteiger partial charge in [-0.15, -0.1) is 0 Å². The first-order valence-corrected chi connectivity index (χ1v) is 6.92. The van der Waals surface area contributed by atoms with Crippen LogP contribution in [0.3, 0.4) is 0 Å². The van der Waals surface area contributed by atoms with E-state index in [0.717, 1.165) is 36.6 Å². The van der Waals surface area contributed by atoms with Crippen LogP contribution in [0.15, 0.2) is 11.6 Å². The number of aromatic nitrogens is 2. The van der Waals surface area contributed by atoms with Gasteiger partial charge in [-0.25, -0.2) is 0 Å². The van der Waals surface area contributed by atoms with Gasteiger partial charge in [-0.3, -0.25) is 4.68 Å². The first kappa shape index (κ1) is 14.1. The van der Waals surface area contributed by atoms with Crippen LogP contribution in [0, 0.1) is 12.3 Å². The number of hydrogen-bond acceptors (Lipinski definition) is 3. The van der Waals surface area contributed by atoms with Gasteiger partial charge in [-0.05, 0) is 18.8 Å². The second kappa shape index (κ2) is 5.00. The molecule has 0 spiro atoms. The highest BCUT2D eigenvalue weighted by atomic mass is 16.3. The van der Waals surface area contributed by atoms with Crippen LogP contribution in [0.1, 0.15) is 38.4 Å². The summed E-state index contributed by atoms with van der Waals surface area (Å²) in [7, 11) is 1.95. The summed E-state index contributed by atoms with van der Waals surface area (Å²) in [5.74, 6) is 1.06. The van der Waals surface area contributed by atoms with E-state index in [9.17, 15) is 5.11 Å². The number of anilines is 1. The molecule has 0 aromatic carbocycles. The Labute approximate surface area is 115 Å². The molecule has 0 unspecified atom stereocenters. The van der Waals surface area contributed by atoms with E-state index >= 15 is 0 Å². The minimum absolute atomic E-state index is 0.0569. The number of aliphatic hydroxyl groups excluding tert-OH is 1. The summed E-state index contributed by atoms with van der Waals surface area (Å²) < 4.78 is 1.89. The van der Waals surface area contributed by atoms with Gasteiger partial charge in [-0.2, -0.15) is 5.10 Å². The average Bonchev–Trinajstić information content (AvgIpc) is 2.62. The van der Waals surface area contributed by atoms with Gasteiger partial charge in [-0.1, -0.05) is 32.4 Å². The van der Waals surface area contributed by atoms with Crippen molar-refractivity contribution in [1.82, 2.24) is 9.78 Å². The third-order valence-corrected chi connectivity index (χ3v) is 3.94. The van der Waals surface area contributed by atoms with Crippen LogP contribution < -0.4 is 4.90 Å². The molecule has 1 aromatic rings. The average molecular weight is 263 g/mol. The van der Waals surface area contributed by atoms with E-state index in [1.54, 1.807) is 0 Å². The molecule has 1 N–H and O–H groups in total. The quantitative estimate of drug-likeness (QED) is 0.833. The smallest absolute Gasteiger partial charge is 0.132 e. The van der Waals surface area contributed by atoms with Crippen LogP contribution in [0.4, 0.5) is 5.82 Å². The molecule has 4 heteroatoms. The van der Waals surface area contributed by atoms with E-state index in [1.165, 1.54) is 5.57 Å². The summed E-state index contributed by atoms with van der Waals surface area (Å²) in [5, 5.41) is 13.9. The van der Waals surface area contributed by atoms with Crippen molar-refractivity contribution >= 4 is 5.82 Å². The van der Waals surface area contributed by atoms with E-state index in [-0.39, 0.29) is 12.0 Å². The van der Waals surface area contributed by atoms with Crippen LogP contribution >= 0.6 is 0 Å². The maximum Gasteiger partial charge on any atom is 0.132 e. The molecule has 1 aromatic heterocycles. The monoisotopic (exact) mass is 263 g/mol. The molecule has 4 nitrogen and oxygen atoms in total. The highest BCUT2D eigenvalue weighted by molar-refractivity contribution is 5.51. The molecule has 106 valence electrons. The fourth-order valence-electron chi connectivity index (χ4n) is 2.81. The summed E-state index contributed by atoms with van der Waals surface area (Å²) in [6.45, 7) is 10.7. The molecule has 19 heavy (non-hydrogen) atoms. The molecule has 0 atom stereocenters. The molecule has 0 bridgehead atoms. The van der Waals surface area contributed by atoms with Gasteiger partial charge in [0.2, 0.25) is 0 Å². The second-order valence-electron chi connectivity index (χ2n) is 6.34. The first-order valence-electron chi connectivity index (χ1n) is 6.92. The summed E-state index contributed by atoms with van der Waals surface area (Å²) in [5.41, 5.74) is 3.66. The lowest BCUT2D eigenvalue weighted by Gasteiger charge is -2.33. The molecule has 2 heterocycles. The van der Waals surface area contributed by atoms with Gasteiger partial charge in [0.05, 0.1) is 12.3 Å². The van der Waals surface area contributed by atoms with E-state index in [0.29, 0.717) is 0 Å². The van der Waals surface area contributed by atoms with Crippen molar-refractivity contribution in [3.8, 4) is 0 Å². The number of aliphatic hydroxyl groups is 1. The standard InChI is InChI=1S/C15H25N3O/c1-11-13(10-19)14(17(5)16-11)18-8-6-12(7-9-18)15(2,3)4/h6,19H,7-10H2,1-5H3. The summed E-state index contributed by atoms with van der Waals surface area (Å²) in [6.07, 6.45) is 3.41. The van der Waals surface area contributed by atoms with Crippen molar-refractivity contribution in [2.45, 2.75) is 40.7 Å². The zero-order valence-electron chi connectivity index (χ0n) is 12.7. The number of aryl methyl sites for hydroxylation is 2. The predicted molar refractivity (Wildman–Crippen MR) is 78.2 cm³/mol. The Morgan fingerprint density at radius 1 is 1.37 bits per heavy atom. The fraction of sp³-hybridized carbons (Fsp3) is 0.667. The van der Waals surface area contributed by atoms with Crippen molar-refractivity contribution in [3.63, 3.8) is 0 Å². The van der Waals surface area contributed by atoms with Crippen molar-refractivity contribution in [3.05, 3.63) is 22.9 Å². The van der Waals surface area contributed by atoms with Crippen molar-refractivity contribution in [2.24, 2.45) is 12.5 Å². The van der Waals surface area contributed by atoms with Gasteiger partial charge in [0.25, 0.3) is 0 Å². The van der Waals surface area contributed by atoms with Gasteiger partial charge < -0.3 is 10.0 Å². The molecule has 0 fully saturated rings. The summed E-state index contributed by atoms with van der Waals surface area (Å²) >= 11 is 0. The molecule has 1 aliphatic heterocycles. The van der Waals surface area contributed by atoms with Crippen LogP contribution in [0.2, 0.25) is 0 Å². The SMILES string of the molecule is Cc1nn(C)c(N2CC=C(C(C)(C)C)CC2)c1CO. The maximum absolute atomic E-state index is 9.53. The molecular weight excluding hydrogens is 238 g/mol. The largest absolute Gasteiger partial charge is 0.391 e. The summed E-state index contributed by atoms with van der Waals surface area (Å²) in [4.78, 5) is 2.31. The molecule has 2 rings (SSSR count). The zero-order valence-corrected chi connectivity index (χ0v) is 12.7. The minimum Gasteiger partial charge on any atom is -0.391 e. The molecule has 0 saturated carbocycles. The molecule has 0 saturated heterocycles. The summed E-state index contributed by atoms with van der Waals surface area (Å²) in [6, 6.07) is 0.